The molecule has 0 bridgehead atoms. The molecule has 0 aliphatic carbocycles. The molecule has 0 aliphatic heterocycles. The van der Waals surface area contributed by atoms with Crippen molar-refractivity contribution in [1.29, 1.82) is 0 Å². The van der Waals surface area contributed by atoms with Gasteiger partial charge in [0.25, 0.3) is 5.56 Å². The van der Waals surface area contributed by atoms with Gasteiger partial charge in [-0.1, -0.05) is 13.8 Å². The highest BCUT2D eigenvalue weighted by Crippen LogP contribution is 2.09. The van der Waals surface area contributed by atoms with Gasteiger partial charge in [0.15, 0.2) is 0 Å². The number of nitrogens with two attached hydrogens (primary N) is 1. The zero-order valence-electron chi connectivity index (χ0n) is 8.24. The minimum atomic E-state index is -0.160. The van der Waals surface area contributed by atoms with E-state index in [2.05, 4.69) is 9.97 Å². The summed E-state index contributed by atoms with van der Waals surface area (Å²) in [6.07, 6.45) is 1.38. The lowest BCUT2D eigenvalue weighted by atomic mass is 10.2. The molecule has 4 nitrogen and oxygen atoms in total. The van der Waals surface area contributed by atoms with Gasteiger partial charge in [-0.2, -0.15) is 0 Å². The Morgan fingerprint density at radius 1 is 1.36 bits per heavy atom. The van der Waals surface area contributed by atoms with Crippen LogP contribution in [0.4, 0.5) is 5.69 Å². The summed E-state index contributed by atoms with van der Waals surface area (Å²) in [5.41, 5.74) is 6.58. The van der Waals surface area contributed by atoms with E-state index in [9.17, 15) is 4.79 Å². The van der Waals surface area contributed by atoms with Gasteiger partial charge in [-0.15, -0.1) is 0 Å². The maximum absolute atomic E-state index is 11.2. The fourth-order valence-electron chi connectivity index (χ4n) is 1.09. The number of rotatable bonds is 0. The van der Waals surface area contributed by atoms with E-state index in [4.69, 9.17) is 5.73 Å². The molecule has 0 fully saturated rings. The first-order chi connectivity index (χ1) is 6.77. The van der Waals surface area contributed by atoms with Gasteiger partial charge < -0.3 is 10.7 Å². The number of hydrogen-bond donors (Lipinski definition) is 2. The second-order valence-corrected chi connectivity index (χ2v) is 2.51. The number of nitrogens with one attached hydrogen (secondary N) is 1. The van der Waals surface area contributed by atoms with Gasteiger partial charge in [0, 0.05) is 5.69 Å². The normalized spacial score (nSPS) is 9.29. The lowest BCUT2D eigenvalue weighted by molar-refractivity contribution is 1.17. The van der Waals surface area contributed by atoms with Crippen molar-refractivity contribution >= 4 is 16.6 Å². The van der Waals surface area contributed by atoms with Gasteiger partial charge >= 0.3 is 0 Å². The van der Waals surface area contributed by atoms with Gasteiger partial charge in [0.05, 0.1) is 17.2 Å². The number of hydrogen-bond acceptors (Lipinski definition) is 3. The molecule has 0 unspecified atom stereocenters. The SMILES string of the molecule is CC.Nc1ccc2nc[nH]c(=O)c2c1. The number of nitrogen functional groups attached to an aromatic ring is 1. The number of H-pyrrole nitrogens is 1. The molecule has 0 aliphatic rings. The largest absolute Gasteiger partial charge is 0.399 e. The molecular weight excluding hydrogens is 178 g/mol. The first-order valence-corrected chi connectivity index (χ1v) is 4.50. The second-order valence-electron chi connectivity index (χ2n) is 2.51. The van der Waals surface area contributed by atoms with Crippen LogP contribution in [0.2, 0.25) is 0 Å². The average molecular weight is 191 g/mol. The molecule has 2 aromatic rings. The second kappa shape index (κ2) is 4.41. The third kappa shape index (κ3) is 1.90. The summed E-state index contributed by atoms with van der Waals surface area (Å²) in [4.78, 5) is 17.6. The van der Waals surface area contributed by atoms with Crippen LogP contribution in [-0.4, -0.2) is 9.97 Å². The lowest BCUT2D eigenvalue weighted by Gasteiger charge is -1.95. The Bertz CT molecular complexity index is 476. The quantitative estimate of drug-likeness (QED) is 0.620. The summed E-state index contributed by atoms with van der Waals surface area (Å²) in [5.74, 6) is 0. The highest BCUT2D eigenvalue weighted by molar-refractivity contribution is 5.80. The highest BCUT2D eigenvalue weighted by atomic mass is 16.1. The van der Waals surface area contributed by atoms with E-state index in [1.54, 1.807) is 18.2 Å². The van der Waals surface area contributed by atoms with E-state index in [1.165, 1.54) is 6.33 Å². The maximum Gasteiger partial charge on any atom is 0.258 e. The molecule has 1 aromatic carbocycles. The van der Waals surface area contributed by atoms with E-state index < -0.39 is 0 Å². The molecule has 1 aromatic heterocycles. The van der Waals surface area contributed by atoms with Gasteiger partial charge in [0.1, 0.15) is 0 Å². The highest BCUT2D eigenvalue weighted by Gasteiger charge is 1.97. The predicted octanol–water partition coefficient (Wildman–Crippen LogP) is 1.53. The molecule has 3 N–H and O–H groups in total. The predicted molar refractivity (Wildman–Crippen MR) is 58.1 cm³/mol. The molecule has 1 heterocycles. The molecule has 0 radical (unpaired) electrons. The molecular formula is C10H13N3O. The number of benzene rings is 1. The molecule has 0 amide bonds. The molecule has 0 spiro atoms. The Labute approximate surface area is 81.8 Å². The van der Waals surface area contributed by atoms with Crippen molar-refractivity contribution in [1.82, 2.24) is 9.97 Å². The van der Waals surface area contributed by atoms with E-state index in [1.807, 2.05) is 13.8 Å². The zero-order chi connectivity index (χ0) is 10.6. The van der Waals surface area contributed by atoms with Crippen LogP contribution in [0.15, 0.2) is 29.3 Å². The van der Waals surface area contributed by atoms with Crippen molar-refractivity contribution in [3.05, 3.63) is 34.9 Å². The first-order valence-electron chi connectivity index (χ1n) is 4.50. The minimum Gasteiger partial charge on any atom is -0.399 e. The standard InChI is InChI=1S/C8H7N3O.C2H6/c9-5-1-2-7-6(3-5)8(12)11-4-10-7;1-2/h1-4H,9H2,(H,10,11,12);1-2H3. The third-order valence-corrected chi connectivity index (χ3v) is 1.66. The maximum atomic E-state index is 11.2. The molecule has 74 valence electrons. The monoisotopic (exact) mass is 191 g/mol. The van der Waals surface area contributed by atoms with Gasteiger partial charge in [-0.05, 0) is 18.2 Å². The molecule has 2 rings (SSSR count). The molecule has 0 saturated heterocycles. The van der Waals surface area contributed by atoms with Crippen molar-refractivity contribution in [2.24, 2.45) is 0 Å². The van der Waals surface area contributed by atoms with E-state index in [-0.39, 0.29) is 5.56 Å². The van der Waals surface area contributed by atoms with Crippen LogP contribution in [0.25, 0.3) is 10.9 Å². The first kappa shape index (κ1) is 10.2. The van der Waals surface area contributed by atoms with Gasteiger partial charge in [-0.3, -0.25) is 4.79 Å². The van der Waals surface area contributed by atoms with Crippen molar-refractivity contribution in [2.45, 2.75) is 13.8 Å². The molecule has 14 heavy (non-hydrogen) atoms. The van der Waals surface area contributed by atoms with Gasteiger partial charge in [0.2, 0.25) is 0 Å². The summed E-state index contributed by atoms with van der Waals surface area (Å²) in [5, 5.41) is 0.525. The van der Waals surface area contributed by atoms with Crippen molar-refractivity contribution < 1.29 is 0 Å². The van der Waals surface area contributed by atoms with Crippen molar-refractivity contribution in [3.8, 4) is 0 Å². The number of fused-ring (bicyclic) bond motifs is 1. The van der Waals surface area contributed by atoms with Crippen LogP contribution in [-0.2, 0) is 0 Å². The smallest absolute Gasteiger partial charge is 0.258 e. The van der Waals surface area contributed by atoms with E-state index in [0.29, 0.717) is 16.6 Å². The summed E-state index contributed by atoms with van der Waals surface area (Å²) >= 11 is 0. The van der Waals surface area contributed by atoms with Crippen LogP contribution in [0, 0.1) is 0 Å². The molecule has 0 atom stereocenters. The summed E-state index contributed by atoms with van der Waals surface area (Å²) in [6.45, 7) is 4.00. The fraction of sp³-hybridized carbons (Fsp3) is 0.200. The van der Waals surface area contributed by atoms with Crippen LogP contribution < -0.4 is 11.3 Å². The lowest BCUT2D eigenvalue weighted by Crippen LogP contribution is -2.06. The van der Waals surface area contributed by atoms with Crippen LogP contribution in [0.1, 0.15) is 13.8 Å². The number of nitrogens with zero attached hydrogens (tertiary/aromatic N) is 1. The molecule has 0 saturated carbocycles. The van der Waals surface area contributed by atoms with E-state index in [0.717, 1.165) is 0 Å². The summed E-state index contributed by atoms with van der Waals surface area (Å²) < 4.78 is 0. The minimum absolute atomic E-state index is 0.160. The van der Waals surface area contributed by atoms with Crippen LogP contribution in [0.3, 0.4) is 0 Å². The van der Waals surface area contributed by atoms with Crippen LogP contribution >= 0.6 is 0 Å². The Hall–Kier alpha value is -1.84. The number of aromatic nitrogens is 2. The Kier molecular flexibility index (Phi) is 3.23. The average Bonchev–Trinajstić information content (AvgIpc) is 2.22. The Balaban J connectivity index is 0.000000461. The van der Waals surface area contributed by atoms with E-state index >= 15 is 0 Å². The van der Waals surface area contributed by atoms with Crippen molar-refractivity contribution in [3.63, 3.8) is 0 Å². The molecule has 4 heteroatoms. The zero-order valence-corrected chi connectivity index (χ0v) is 8.24. The van der Waals surface area contributed by atoms with Gasteiger partial charge in [-0.25, -0.2) is 4.98 Å². The summed E-state index contributed by atoms with van der Waals surface area (Å²) in [6, 6.07) is 5.05. The summed E-state index contributed by atoms with van der Waals surface area (Å²) in [7, 11) is 0. The Morgan fingerprint density at radius 2 is 2.07 bits per heavy atom. The Morgan fingerprint density at radius 3 is 2.79 bits per heavy atom. The third-order valence-electron chi connectivity index (χ3n) is 1.66. The fourth-order valence-corrected chi connectivity index (χ4v) is 1.09. The van der Waals surface area contributed by atoms with Crippen LogP contribution in [0.5, 0.6) is 0 Å². The van der Waals surface area contributed by atoms with Crippen molar-refractivity contribution in [2.75, 3.05) is 5.73 Å². The topological polar surface area (TPSA) is 71.8 Å². The number of aromatic amines is 1. The number of anilines is 1.